The lowest BCUT2D eigenvalue weighted by atomic mass is 10.0. The summed E-state index contributed by atoms with van der Waals surface area (Å²) in [6.45, 7) is 6.95. The zero-order valence-electron chi connectivity index (χ0n) is 11.8. The van der Waals surface area contributed by atoms with Gasteiger partial charge in [-0.25, -0.2) is 0 Å². The van der Waals surface area contributed by atoms with Crippen molar-refractivity contribution in [2.24, 2.45) is 0 Å². The van der Waals surface area contributed by atoms with Crippen LogP contribution in [0.25, 0.3) is 0 Å². The standard InChI is InChI=1S/C15H21N3O2/c1-12(19)13-4-2-3-5-14(13)15(20)17-8-11-18-9-6-16-7-10-18/h2-5,16H,6-11H2,1H3,(H,17,20). The van der Waals surface area contributed by atoms with E-state index in [0.29, 0.717) is 17.7 Å². The molecule has 5 nitrogen and oxygen atoms in total. The van der Waals surface area contributed by atoms with Gasteiger partial charge in [-0.05, 0) is 13.0 Å². The van der Waals surface area contributed by atoms with Crippen LogP contribution >= 0.6 is 0 Å². The average Bonchev–Trinajstić information content (AvgIpc) is 2.48. The molecule has 2 N–H and O–H groups in total. The molecule has 108 valence electrons. The lowest BCUT2D eigenvalue weighted by Crippen LogP contribution is -2.46. The summed E-state index contributed by atoms with van der Waals surface area (Å²) in [6, 6.07) is 6.93. The van der Waals surface area contributed by atoms with Crippen molar-refractivity contribution in [1.29, 1.82) is 0 Å². The van der Waals surface area contributed by atoms with Crippen LogP contribution in [-0.2, 0) is 0 Å². The predicted molar refractivity (Wildman–Crippen MR) is 78.1 cm³/mol. The van der Waals surface area contributed by atoms with Crippen molar-refractivity contribution in [3.8, 4) is 0 Å². The second-order valence-electron chi connectivity index (χ2n) is 4.95. The van der Waals surface area contributed by atoms with E-state index in [4.69, 9.17) is 0 Å². The first-order chi connectivity index (χ1) is 9.68. The van der Waals surface area contributed by atoms with Crippen LogP contribution in [0.1, 0.15) is 27.6 Å². The van der Waals surface area contributed by atoms with Gasteiger partial charge in [0.1, 0.15) is 0 Å². The zero-order valence-corrected chi connectivity index (χ0v) is 11.8. The topological polar surface area (TPSA) is 61.4 Å². The molecule has 0 radical (unpaired) electrons. The molecule has 20 heavy (non-hydrogen) atoms. The van der Waals surface area contributed by atoms with Crippen LogP contribution < -0.4 is 10.6 Å². The number of rotatable bonds is 5. The number of amides is 1. The summed E-state index contributed by atoms with van der Waals surface area (Å²) < 4.78 is 0. The van der Waals surface area contributed by atoms with E-state index in [1.807, 2.05) is 0 Å². The third-order valence-corrected chi connectivity index (χ3v) is 3.47. The van der Waals surface area contributed by atoms with Crippen molar-refractivity contribution in [3.63, 3.8) is 0 Å². The number of hydrogen-bond acceptors (Lipinski definition) is 4. The average molecular weight is 275 g/mol. The zero-order chi connectivity index (χ0) is 14.4. The van der Waals surface area contributed by atoms with Crippen LogP contribution in [0, 0.1) is 0 Å². The monoisotopic (exact) mass is 275 g/mol. The summed E-state index contributed by atoms with van der Waals surface area (Å²) in [5, 5.41) is 6.18. The summed E-state index contributed by atoms with van der Waals surface area (Å²) in [4.78, 5) is 25.9. The molecule has 0 unspecified atom stereocenters. The Bertz CT molecular complexity index is 482. The minimum absolute atomic E-state index is 0.0853. The summed E-state index contributed by atoms with van der Waals surface area (Å²) >= 11 is 0. The van der Waals surface area contributed by atoms with Gasteiger partial charge in [-0.15, -0.1) is 0 Å². The summed E-state index contributed by atoms with van der Waals surface area (Å²) in [7, 11) is 0. The molecule has 0 saturated carbocycles. The van der Waals surface area contributed by atoms with Crippen molar-refractivity contribution < 1.29 is 9.59 Å². The minimum atomic E-state index is -0.175. The number of carbonyl (C=O) groups excluding carboxylic acids is 2. The van der Waals surface area contributed by atoms with E-state index in [-0.39, 0.29) is 11.7 Å². The molecule has 0 aromatic heterocycles. The molecular weight excluding hydrogens is 254 g/mol. The smallest absolute Gasteiger partial charge is 0.252 e. The van der Waals surface area contributed by atoms with Gasteiger partial charge in [-0.3, -0.25) is 14.5 Å². The molecule has 5 heteroatoms. The largest absolute Gasteiger partial charge is 0.351 e. The number of hydrogen-bond donors (Lipinski definition) is 2. The highest BCUT2D eigenvalue weighted by molar-refractivity contribution is 6.07. The lowest BCUT2D eigenvalue weighted by Gasteiger charge is -2.27. The Labute approximate surface area is 119 Å². The summed E-state index contributed by atoms with van der Waals surface area (Å²) in [5.74, 6) is -0.260. The SMILES string of the molecule is CC(=O)c1ccccc1C(=O)NCCN1CCNCC1. The fraction of sp³-hybridized carbons (Fsp3) is 0.467. The van der Waals surface area contributed by atoms with E-state index in [1.54, 1.807) is 24.3 Å². The molecule has 1 fully saturated rings. The number of nitrogens with zero attached hydrogens (tertiary/aromatic N) is 1. The second kappa shape index (κ2) is 7.17. The highest BCUT2D eigenvalue weighted by atomic mass is 16.2. The van der Waals surface area contributed by atoms with E-state index in [1.165, 1.54) is 6.92 Å². The van der Waals surface area contributed by atoms with Crippen molar-refractivity contribution >= 4 is 11.7 Å². The van der Waals surface area contributed by atoms with Crippen molar-refractivity contribution in [1.82, 2.24) is 15.5 Å². The van der Waals surface area contributed by atoms with Gasteiger partial charge in [0.15, 0.2) is 5.78 Å². The molecule has 0 atom stereocenters. The van der Waals surface area contributed by atoms with Crippen LogP contribution in [0.5, 0.6) is 0 Å². The van der Waals surface area contributed by atoms with E-state index in [2.05, 4.69) is 15.5 Å². The summed E-state index contributed by atoms with van der Waals surface area (Å²) in [5.41, 5.74) is 0.937. The fourth-order valence-electron chi connectivity index (χ4n) is 2.35. The van der Waals surface area contributed by atoms with E-state index < -0.39 is 0 Å². The molecule has 1 saturated heterocycles. The molecular formula is C15H21N3O2. The molecule has 1 aliphatic rings. The number of nitrogens with one attached hydrogen (secondary N) is 2. The Morgan fingerprint density at radius 2 is 1.85 bits per heavy atom. The first-order valence-electron chi connectivity index (χ1n) is 6.99. The number of ketones is 1. The van der Waals surface area contributed by atoms with E-state index >= 15 is 0 Å². The van der Waals surface area contributed by atoms with Gasteiger partial charge in [0.2, 0.25) is 0 Å². The van der Waals surface area contributed by atoms with Gasteiger partial charge in [0.05, 0.1) is 5.56 Å². The normalized spacial score (nSPS) is 15.8. The highest BCUT2D eigenvalue weighted by Crippen LogP contribution is 2.09. The molecule has 0 aliphatic carbocycles. The predicted octanol–water partition coefficient (Wildman–Crippen LogP) is 0.524. The van der Waals surface area contributed by atoms with Gasteiger partial charge in [-0.2, -0.15) is 0 Å². The van der Waals surface area contributed by atoms with Crippen LogP contribution in [0.4, 0.5) is 0 Å². The van der Waals surface area contributed by atoms with Gasteiger partial charge in [-0.1, -0.05) is 18.2 Å². The summed E-state index contributed by atoms with van der Waals surface area (Å²) in [6.07, 6.45) is 0. The maximum atomic E-state index is 12.1. The third kappa shape index (κ3) is 3.88. The lowest BCUT2D eigenvalue weighted by molar-refractivity contribution is 0.0933. The number of carbonyl (C=O) groups is 2. The number of piperazine rings is 1. The first-order valence-corrected chi connectivity index (χ1v) is 6.99. The fourth-order valence-corrected chi connectivity index (χ4v) is 2.35. The van der Waals surface area contributed by atoms with Crippen LogP contribution in [0.3, 0.4) is 0 Å². The molecule has 2 rings (SSSR count). The molecule has 0 spiro atoms. The van der Waals surface area contributed by atoms with Crippen molar-refractivity contribution in [2.45, 2.75) is 6.92 Å². The van der Waals surface area contributed by atoms with Crippen LogP contribution in [0.15, 0.2) is 24.3 Å². The molecule has 1 aromatic carbocycles. The molecule has 0 bridgehead atoms. The van der Waals surface area contributed by atoms with Crippen LogP contribution in [-0.4, -0.2) is 55.9 Å². The van der Waals surface area contributed by atoms with E-state index in [9.17, 15) is 9.59 Å². The maximum absolute atomic E-state index is 12.1. The number of benzene rings is 1. The van der Waals surface area contributed by atoms with Crippen LogP contribution in [0.2, 0.25) is 0 Å². The van der Waals surface area contributed by atoms with Gasteiger partial charge in [0, 0.05) is 44.8 Å². The Morgan fingerprint density at radius 3 is 2.50 bits per heavy atom. The van der Waals surface area contributed by atoms with Gasteiger partial charge < -0.3 is 10.6 Å². The molecule has 1 amide bonds. The Morgan fingerprint density at radius 1 is 1.20 bits per heavy atom. The molecule has 1 aromatic rings. The Hall–Kier alpha value is -1.72. The van der Waals surface area contributed by atoms with E-state index in [0.717, 1.165) is 32.7 Å². The first kappa shape index (κ1) is 14.7. The Balaban J connectivity index is 1.87. The highest BCUT2D eigenvalue weighted by Gasteiger charge is 2.14. The van der Waals surface area contributed by atoms with Gasteiger partial charge >= 0.3 is 0 Å². The van der Waals surface area contributed by atoms with Crippen molar-refractivity contribution in [2.75, 3.05) is 39.3 Å². The maximum Gasteiger partial charge on any atom is 0.252 e. The number of Topliss-reactive ketones (excluding diaryl/α,β-unsaturated/α-hetero) is 1. The minimum Gasteiger partial charge on any atom is -0.351 e. The molecule has 1 heterocycles. The van der Waals surface area contributed by atoms with Gasteiger partial charge in [0.25, 0.3) is 5.91 Å². The third-order valence-electron chi connectivity index (χ3n) is 3.47. The molecule has 1 aliphatic heterocycles. The Kier molecular flexibility index (Phi) is 5.26. The second-order valence-corrected chi connectivity index (χ2v) is 4.95. The quantitative estimate of drug-likeness (QED) is 0.769. The van der Waals surface area contributed by atoms with Crippen molar-refractivity contribution in [3.05, 3.63) is 35.4 Å².